The van der Waals surface area contributed by atoms with Gasteiger partial charge in [-0.05, 0) is 42.8 Å². The Morgan fingerprint density at radius 3 is 2.28 bits per heavy atom. The number of nitrogens with one attached hydrogen (secondary N) is 2. The summed E-state index contributed by atoms with van der Waals surface area (Å²) >= 11 is 0. The van der Waals surface area contributed by atoms with Crippen molar-refractivity contribution in [2.45, 2.75) is 12.8 Å². The van der Waals surface area contributed by atoms with Crippen molar-refractivity contribution in [1.29, 1.82) is 0 Å². The average Bonchev–Trinajstić information content (AvgIpc) is 2.61. The lowest BCUT2D eigenvalue weighted by Crippen LogP contribution is -2.24. The highest BCUT2D eigenvalue weighted by molar-refractivity contribution is 6.10. The fraction of sp³-hybridized carbons (Fsp3) is 0.167. The van der Waals surface area contributed by atoms with Gasteiger partial charge >= 0.3 is 0 Å². The number of carbonyl (C=O) groups excluding carboxylic acids is 3. The minimum absolute atomic E-state index is 0.225. The standard InChI is InChI=1S/C18H18N2O5/c1-25-13-8-6-12(7-9-13)19-18(24)14-4-2-3-5-15(14)20-16(21)10-11-17(22)23/h2-9H,10-11H2,1H3,(H,19,24)(H,20,21)(H,22,23)/p-1. The Morgan fingerprint density at radius 1 is 0.960 bits per heavy atom. The van der Waals surface area contributed by atoms with E-state index in [4.69, 9.17) is 4.74 Å². The Bertz CT molecular complexity index is 771. The molecule has 0 aliphatic heterocycles. The maximum absolute atomic E-state index is 12.4. The van der Waals surface area contributed by atoms with Gasteiger partial charge in [-0.25, -0.2) is 0 Å². The topological polar surface area (TPSA) is 108 Å². The number of rotatable bonds is 7. The summed E-state index contributed by atoms with van der Waals surface area (Å²) in [6.45, 7) is 0. The van der Waals surface area contributed by atoms with E-state index in [1.165, 1.54) is 0 Å². The molecule has 0 bridgehead atoms. The van der Waals surface area contributed by atoms with E-state index < -0.39 is 17.8 Å². The Labute approximate surface area is 144 Å². The van der Waals surface area contributed by atoms with Crippen LogP contribution in [0.15, 0.2) is 48.5 Å². The summed E-state index contributed by atoms with van der Waals surface area (Å²) in [6.07, 6.45) is -0.608. The second-order valence-electron chi connectivity index (χ2n) is 5.15. The molecule has 0 unspecified atom stereocenters. The third-order valence-corrected chi connectivity index (χ3v) is 3.35. The van der Waals surface area contributed by atoms with E-state index in [0.717, 1.165) is 0 Å². The number of carboxylic acid groups (broad SMARTS) is 1. The van der Waals surface area contributed by atoms with Crippen molar-refractivity contribution in [2.75, 3.05) is 17.7 Å². The number of hydrogen-bond donors (Lipinski definition) is 2. The van der Waals surface area contributed by atoms with Gasteiger partial charge in [-0.3, -0.25) is 9.59 Å². The zero-order chi connectivity index (χ0) is 18.2. The highest BCUT2D eigenvalue weighted by Crippen LogP contribution is 2.19. The molecule has 130 valence electrons. The van der Waals surface area contributed by atoms with Crippen LogP contribution in [0.1, 0.15) is 23.2 Å². The normalized spacial score (nSPS) is 9.96. The van der Waals surface area contributed by atoms with Gasteiger partial charge in [-0.2, -0.15) is 0 Å². The molecule has 25 heavy (non-hydrogen) atoms. The number of hydrogen-bond acceptors (Lipinski definition) is 5. The number of benzene rings is 2. The molecule has 0 saturated carbocycles. The van der Waals surface area contributed by atoms with Crippen molar-refractivity contribution in [3.63, 3.8) is 0 Å². The van der Waals surface area contributed by atoms with E-state index in [1.54, 1.807) is 55.6 Å². The van der Waals surface area contributed by atoms with Crippen LogP contribution in [0, 0.1) is 0 Å². The van der Waals surface area contributed by atoms with Gasteiger partial charge in [0.25, 0.3) is 5.91 Å². The quantitative estimate of drug-likeness (QED) is 0.792. The SMILES string of the molecule is COc1ccc(NC(=O)c2ccccc2NC(=O)CCC(=O)[O-])cc1. The monoisotopic (exact) mass is 341 g/mol. The highest BCUT2D eigenvalue weighted by atomic mass is 16.5. The lowest BCUT2D eigenvalue weighted by molar-refractivity contribution is -0.305. The summed E-state index contributed by atoms with van der Waals surface area (Å²) in [5.41, 5.74) is 1.14. The third kappa shape index (κ3) is 5.35. The van der Waals surface area contributed by atoms with E-state index in [9.17, 15) is 19.5 Å². The van der Waals surface area contributed by atoms with Crippen LogP contribution in [0.5, 0.6) is 5.75 Å². The second kappa shape index (κ2) is 8.49. The molecular formula is C18H17N2O5-. The van der Waals surface area contributed by atoms with Crippen LogP contribution in [0.2, 0.25) is 0 Å². The van der Waals surface area contributed by atoms with E-state index in [2.05, 4.69) is 10.6 Å². The zero-order valence-electron chi connectivity index (χ0n) is 13.6. The van der Waals surface area contributed by atoms with Crippen LogP contribution in [-0.2, 0) is 9.59 Å². The number of methoxy groups -OCH3 is 1. The van der Waals surface area contributed by atoms with Crippen molar-refractivity contribution in [2.24, 2.45) is 0 Å². The van der Waals surface area contributed by atoms with Crippen LogP contribution in [0.4, 0.5) is 11.4 Å². The van der Waals surface area contributed by atoms with Crippen molar-refractivity contribution in [3.8, 4) is 5.75 Å². The lowest BCUT2D eigenvalue weighted by atomic mass is 10.1. The van der Waals surface area contributed by atoms with Crippen LogP contribution in [-0.4, -0.2) is 24.9 Å². The summed E-state index contributed by atoms with van der Waals surface area (Å²) in [5, 5.41) is 15.7. The van der Waals surface area contributed by atoms with Crippen molar-refractivity contribution < 1.29 is 24.2 Å². The van der Waals surface area contributed by atoms with Crippen LogP contribution >= 0.6 is 0 Å². The molecule has 0 aromatic heterocycles. The average molecular weight is 341 g/mol. The lowest BCUT2D eigenvalue weighted by Gasteiger charge is -2.12. The minimum atomic E-state index is -1.30. The van der Waals surface area contributed by atoms with Gasteiger partial charge in [0.1, 0.15) is 5.75 Å². The van der Waals surface area contributed by atoms with Crippen molar-refractivity contribution in [1.82, 2.24) is 0 Å². The van der Waals surface area contributed by atoms with E-state index >= 15 is 0 Å². The molecule has 0 aliphatic carbocycles. The smallest absolute Gasteiger partial charge is 0.257 e. The zero-order valence-corrected chi connectivity index (χ0v) is 13.6. The molecule has 0 saturated heterocycles. The Kier molecular flexibility index (Phi) is 6.11. The maximum atomic E-state index is 12.4. The van der Waals surface area contributed by atoms with E-state index in [1.807, 2.05) is 0 Å². The molecule has 0 aliphatic rings. The van der Waals surface area contributed by atoms with Gasteiger partial charge < -0.3 is 25.3 Å². The summed E-state index contributed by atoms with van der Waals surface area (Å²) in [7, 11) is 1.55. The highest BCUT2D eigenvalue weighted by Gasteiger charge is 2.13. The summed E-state index contributed by atoms with van der Waals surface area (Å²) in [5.74, 6) is -1.55. The number of para-hydroxylation sites is 1. The Balaban J connectivity index is 2.08. The summed E-state index contributed by atoms with van der Waals surface area (Å²) in [4.78, 5) is 34.6. The molecule has 0 fully saturated rings. The number of carbonyl (C=O) groups is 3. The molecular weight excluding hydrogens is 324 g/mol. The van der Waals surface area contributed by atoms with Crippen molar-refractivity contribution in [3.05, 3.63) is 54.1 Å². The first-order valence-corrected chi connectivity index (χ1v) is 7.53. The number of ether oxygens (including phenoxy) is 1. The molecule has 2 amide bonds. The molecule has 0 spiro atoms. The molecule has 0 radical (unpaired) electrons. The van der Waals surface area contributed by atoms with Gasteiger partial charge in [-0.15, -0.1) is 0 Å². The molecule has 7 heteroatoms. The molecule has 2 N–H and O–H groups in total. The first-order chi connectivity index (χ1) is 12.0. The van der Waals surface area contributed by atoms with Crippen LogP contribution in [0.3, 0.4) is 0 Å². The van der Waals surface area contributed by atoms with Gasteiger partial charge in [-0.1, -0.05) is 12.1 Å². The minimum Gasteiger partial charge on any atom is -0.550 e. The third-order valence-electron chi connectivity index (χ3n) is 3.35. The van der Waals surface area contributed by atoms with E-state index in [-0.39, 0.29) is 18.4 Å². The van der Waals surface area contributed by atoms with Gasteiger partial charge in [0, 0.05) is 18.1 Å². The van der Waals surface area contributed by atoms with E-state index in [0.29, 0.717) is 17.1 Å². The summed E-state index contributed by atoms with van der Waals surface area (Å²) < 4.78 is 5.06. The fourth-order valence-electron chi connectivity index (χ4n) is 2.09. The van der Waals surface area contributed by atoms with Crippen LogP contribution in [0.25, 0.3) is 0 Å². The second-order valence-corrected chi connectivity index (χ2v) is 5.15. The van der Waals surface area contributed by atoms with Crippen LogP contribution < -0.4 is 20.5 Å². The molecule has 2 aromatic carbocycles. The first kappa shape index (κ1) is 18.0. The largest absolute Gasteiger partial charge is 0.550 e. The fourth-order valence-corrected chi connectivity index (χ4v) is 2.09. The molecule has 2 aromatic rings. The number of carboxylic acids is 1. The van der Waals surface area contributed by atoms with Gasteiger partial charge in [0.05, 0.1) is 18.4 Å². The number of amides is 2. The molecule has 7 nitrogen and oxygen atoms in total. The number of aliphatic carboxylic acids is 1. The first-order valence-electron chi connectivity index (χ1n) is 7.53. The predicted octanol–water partition coefficient (Wildman–Crippen LogP) is 1.42. The Hall–Kier alpha value is -3.35. The van der Waals surface area contributed by atoms with Gasteiger partial charge in [0.15, 0.2) is 0 Å². The number of anilines is 2. The van der Waals surface area contributed by atoms with Crippen molar-refractivity contribution >= 4 is 29.2 Å². The predicted molar refractivity (Wildman–Crippen MR) is 90.3 cm³/mol. The molecule has 2 rings (SSSR count). The van der Waals surface area contributed by atoms with Gasteiger partial charge in [0.2, 0.25) is 5.91 Å². The summed E-state index contributed by atoms with van der Waals surface area (Å²) in [6, 6.07) is 13.3. The molecule has 0 heterocycles. The molecule has 0 atom stereocenters. The Morgan fingerprint density at radius 2 is 1.64 bits per heavy atom. The maximum Gasteiger partial charge on any atom is 0.257 e.